The predicted molar refractivity (Wildman–Crippen MR) is 115 cm³/mol. The van der Waals surface area contributed by atoms with Crippen LogP contribution in [-0.4, -0.2) is 61.0 Å². The lowest BCUT2D eigenvalue weighted by molar-refractivity contribution is -0.144. The molecule has 0 N–H and O–H groups in total. The van der Waals surface area contributed by atoms with Crippen molar-refractivity contribution in [1.29, 1.82) is 0 Å². The standard InChI is InChI=1S/C23H32N2O4S/c1-17-8-9-18(2)20(16-17)30(28,29)23(10-3-4-11-23)22(27)25-14-12-24(13-15-25)21(26)19-6-5-7-19/h8-9,16,19H,3-7,10-15H2,1-2H3. The van der Waals surface area contributed by atoms with Gasteiger partial charge >= 0.3 is 0 Å². The van der Waals surface area contributed by atoms with Crippen molar-refractivity contribution < 1.29 is 18.0 Å². The van der Waals surface area contributed by atoms with Crippen molar-refractivity contribution >= 4 is 21.7 Å². The van der Waals surface area contributed by atoms with Gasteiger partial charge in [0, 0.05) is 32.1 Å². The van der Waals surface area contributed by atoms with Gasteiger partial charge in [-0.1, -0.05) is 31.4 Å². The lowest BCUT2D eigenvalue weighted by Crippen LogP contribution is -2.59. The first-order chi connectivity index (χ1) is 14.3. The van der Waals surface area contributed by atoms with Crippen molar-refractivity contribution in [3.05, 3.63) is 29.3 Å². The second-order valence-corrected chi connectivity index (χ2v) is 11.4. The van der Waals surface area contributed by atoms with Gasteiger partial charge in [-0.15, -0.1) is 0 Å². The number of sulfone groups is 1. The highest BCUT2D eigenvalue weighted by atomic mass is 32.2. The van der Waals surface area contributed by atoms with Gasteiger partial charge in [0.1, 0.15) is 0 Å². The quantitative estimate of drug-likeness (QED) is 0.733. The Morgan fingerprint density at radius 2 is 1.53 bits per heavy atom. The molecule has 2 saturated carbocycles. The zero-order valence-electron chi connectivity index (χ0n) is 18.0. The van der Waals surface area contributed by atoms with Crippen LogP contribution in [0.2, 0.25) is 0 Å². The van der Waals surface area contributed by atoms with Crippen LogP contribution in [0.3, 0.4) is 0 Å². The van der Waals surface area contributed by atoms with Crippen LogP contribution in [0.25, 0.3) is 0 Å². The van der Waals surface area contributed by atoms with E-state index in [1.54, 1.807) is 17.9 Å². The maximum Gasteiger partial charge on any atom is 0.244 e. The number of piperazine rings is 1. The molecule has 0 aromatic heterocycles. The molecule has 30 heavy (non-hydrogen) atoms. The average molecular weight is 433 g/mol. The summed E-state index contributed by atoms with van der Waals surface area (Å²) in [5.41, 5.74) is 1.57. The van der Waals surface area contributed by atoms with E-state index in [0.717, 1.165) is 37.7 Å². The minimum atomic E-state index is -3.81. The Kier molecular flexibility index (Phi) is 5.68. The lowest BCUT2D eigenvalue weighted by atomic mass is 9.84. The third-order valence-corrected chi connectivity index (χ3v) is 9.91. The molecule has 1 aliphatic heterocycles. The Morgan fingerprint density at radius 1 is 0.933 bits per heavy atom. The van der Waals surface area contributed by atoms with Crippen LogP contribution in [0, 0.1) is 19.8 Å². The molecule has 0 radical (unpaired) electrons. The Hall–Kier alpha value is -1.89. The number of amides is 2. The van der Waals surface area contributed by atoms with Crippen LogP contribution in [-0.2, 0) is 19.4 Å². The first-order valence-corrected chi connectivity index (χ1v) is 12.6. The third kappa shape index (κ3) is 3.45. The molecule has 3 fully saturated rings. The van der Waals surface area contributed by atoms with Crippen LogP contribution in [0.15, 0.2) is 23.1 Å². The Morgan fingerprint density at radius 3 is 2.10 bits per heavy atom. The number of aryl methyl sites for hydroxylation is 2. The number of hydrogen-bond donors (Lipinski definition) is 0. The van der Waals surface area contributed by atoms with E-state index >= 15 is 0 Å². The van der Waals surface area contributed by atoms with E-state index in [4.69, 9.17) is 0 Å². The first kappa shape index (κ1) is 21.3. The number of carbonyl (C=O) groups is 2. The second-order valence-electron chi connectivity index (χ2n) is 9.22. The van der Waals surface area contributed by atoms with Crippen molar-refractivity contribution in [2.45, 2.75) is 68.4 Å². The normalized spacial score (nSPS) is 22.1. The van der Waals surface area contributed by atoms with Gasteiger partial charge in [-0.25, -0.2) is 8.42 Å². The van der Waals surface area contributed by atoms with Crippen LogP contribution >= 0.6 is 0 Å². The van der Waals surface area contributed by atoms with Gasteiger partial charge in [-0.3, -0.25) is 9.59 Å². The van der Waals surface area contributed by atoms with Gasteiger partial charge in [0.15, 0.2) is 14.6 Å². The molecule has 6 nitrogen and oxygen atoms in total. The van der Waals surface area contributed by atoms with E-state index in [-0.39, 0.29) is 22.6 Å². The summed E-state index contributed by atoms with van der Waals surface area (Å²) in [5, 5.41) is 0. The highest BCUT2D eigenvalue weighted by Crippen LogP contribution is 2.43. The summed E-state index contributed by atoms with van der Waals surface area (Å²) in [5.74, 6) is 0.0849. The van der Waals surface area contributed by atoms with Gasteiger partial charge in [0.2, 0.25) is 11.8 Å². The summed E-state index contributed by atoms with van der Waals surface area (Å²) >= 11 is 0. The van der Waals surface area contributed by atoms with E-state index in [0.29, 0.717) is 44.6 Å². The molecule has 1 saturated heterocycles. The minimum Gasteiger partial charge on any atom is -0.339 e. The Balaban J connectivity index is 1.56. The zero-order valence-corrected chi connectivity index (χ0v) is 18.8. The molecule has 0 spiro atoms. The van der Waals surface area contributed by atoms with Crippen molar-refractivity contribution in [3.8, 4) is 0 Å². The SMILES string of the molecule is Cc1ccc(C)c(S(=O)(=O)C2(C(=O)N3CCN(C(=O)C4CCC4)CC3)CCCC2)c1. The number of benzene rings is 1. The Bertz CT molecular complexity index is 938. The molecule has 0 atom stereocenters. The molecule has 164 valence electrons. The highest BCUT2D eigenvalue weighted by molar-refractivity contribution is 7.93. The highest BCUT2D eigenvalue weighted by Gasteiger charge is 2.55. The summed E-state index contributed by atoms with van der Waals surface area (Å²) in [6.45, 7) is 5.51. The van der Waals surface area contributed by atoms with Crippen LogP contribution in [0.4, 0.5) is 0 Å². The molecule has 7 heteroatoms. The lowest BCUT2D eigenvalue weighted by Gasteiger charge is -2.41. The van der Waals surface area contributed by atoms with E-state index in [1.165, 1.54) is 0 Å². The van der Waals surface area contributed by atoms with Crippen molar-refractivity contribution in [1.82, 2.24) is 9.80 Å². The van der Waals surface area contributed by atoms with Crippen LogP contribution in [0.1, 0.15) is 56.1 Å². The fraction of sp³-hybridized carbons (Fsp3) is 0.652. The number of rotatable bonds is 4. The first-order valence-electron chi connectivity index (χ1n) is 11.2. The molecule has 1 aromatic carbocycles. The molecule has 1 aromatic rings. The molecule has 4 rings (SSSR count). The van der Waals surface area contributed by atoms with E-state index in [1.807, 2.05) is 24.0 Å². The van der Waals surface area contributed by atoms with E-state index in [2.05, 4.69) is 0 Å². The van der Waals surface area contributed by atoms with Crippen LogP contribution < -0.4 is 0 Å². The molecular weight excluding hydrogens is 400 g/mol. The fourth-order valence-corrected chi connectivity index (χ4v) is 7.52. The monoisotopic (exact) mass is 432 g/mol. The number of nitrogens with zero attached hydrogens (tertiary/aromatic N) is 2. The molecule has 3 aliphatic rings. The number of hydrogen-bond acceptors (Lipinski definition) is 4. The summed E-state index contributed by atoms with van der Waals surface area (Å²) in [7, 11) is -3.81. The average Bonchev–Trinajstić information content (AvgIpc) is 3.20. The van der Waals surface area contributed by atoms with Crippen molar-refractivity contribution in [2.24, 2.45) is 5.92 Å². The van der Waals surface area contributed by atoms with Crippen molar-refractivity contribution in [2.75, 3.05) is 26.2 Å². The maximum atomic E-state index is 13.8. The van der Waals surface area contributed by atoms with Crippen LogP contribution in [0.5, 0.6) is 0 Å². The van der Waals surface area contributed by atoms with Crippen molar-refractivity contribution in [3.63, 3.8) is 0 Å². The minimum absolute atomic E-state index is 0.151. The smallest absolute Gasteiger partial charge is 0.244 e. The summed E-state index contributed by atoms with van der Waals surface area (Å²) in [4.78, 5) is 30.0. The van der Waals surface area contributed by atoms with E-state index in [9.17, 15) is 18.0 Å². The zero-order chi connectivity index (χ0) is 21.5. The largest absolute Gasteiger partial charge is 0.339 e. The molecular formula is C23H32N2O4S. The van der Waals surface area contributed by atoms with Gasteiger partial charge in [0.05, 0.1) is 4.90 Å². The molecule has 2 amide bonds. The summed E-state index contributed by atoms with van der Waals surface area (Å²) < 4.78 is 26.3. The van der Waals surface area contributed by atoms with E-state index < -0.39 is 14.6 Å². The van der Waals surface area contributed by atoms with Gasteiger partial charge in [-0.2, -0.15) is 0 Å². The van der Waals surface area contributed by atoms with Gasteiger partial charge in [-0.05, 0) is 56.7 Å². The predicted octanol–water partition coefficient (Wildman–Crippen LogP) is 2.86. The number of carbonyl (C=O) groups excluding carboxylic acids is 2. The second kappa shape index (κ2) is 7.98. The molecule has 0 unspecified atom stereocenters. The van der Waals surface area contributed by atoms with Gasteiger partial charge < -0.3 is 9.80 Å². The molecule has 1 heterocycles. The topological polar surface area (TPSA) is 74.8 Å². The fourth-order valence-electron chi connectivity index (χ4n) is 5.08. The summed E-state index contributed by atoms with van der Waals surface area (Å²) in [6, 6.07) is 5.42. The maximum absolute atomic E-state index is 13.8. The Labute approximate surface area is 179 Å². The summed E-state index contributed by atoms with van der Waals surface area (Å²) in [6.07, 6.45) is 5.30. The molecule has 0 bridgehead atoms. The van der Waals surface area contributed by atoms with Gasteiger partial charge in [0.25, 0.3) is 0 Å². The third-order valence-electron chi connectivity index (χ3n) is 7.28. The molecule has 2 aliphatic carbocycles.